The second-order valence-corrected chi connectivity index (χ2v) is 4.56. The van der Waals surface area contributed by atoms with Crippen LogP contribution in [0.4, 0.5) is 0 Å². The van der Waals surface area contributed by atoms with Gasteiger partial charge in [-0.15, -0.1) is 0 Å². The zero-order valence-corrected chi connectivity index (χ0v) is 11.8. The zero-order chi connectivity index (χ0) is 14.4. The van der Waals surface area contributed by atoms with Crippen LogP contribution in [0.15, 0.2) is 54.6 Å². The highest BCUT2D eigenvalue weighted by atomic mass is 16.5. The maximum absolute atomic E-state index is 12.1. The lowest BCUT2D eigenvalue weighted by Gasteiger charge is -2.14. The molecule has 3 heteroatoms. The molecule has 20 heavy (non-hydrogen) atoms. The third-order valence-corrected chi connectivity index (χ3v) is 3.07. The van der Waals surface area contributed by atoms with Crippen LogP contribution in [0.3, 0.4) is 0 Å². The van der Waals surface area contributed by atoms with Gasteiger partial charge in [-0.05, 0) is 43.7 Å². The maximum atomic E-state index is 12.1. The molecule has 0 spiro atoms. The molecular formula is C17H19NO2. The number of amides is 1. The maximum Gasteiger partial charge on any atom is 0.251 e. The van der Waals surface area contributed by atoms with Gasteiger partial charge in [0, 0.05) is 5.56 Å². The van der Waals surface area contributed by atoms with Crippen LogP contribution in [0, 0.1) is 0 Å². The quantitative estimate of drug-likeness (QED) is 0.901. The van der Waals surface area contributed by atoms with E-state index in [9.17, 15) is 4.79 Å². The first-order chi connectivity index (χ1) is 9.70. The fraction of sp³-hybridized carbons (Fsp3) is 0.235. The molecule has 2 rings (SSSR count). The van der Waals surface area contributed by atoms with Gasteiger partial charge < -0.3 is 10.1 Å². The van der Waals surface area contributed by atoms with E-state index in [2.05, 4.69) is 5.32 Å². The standard InChI is InChI=1S/C17H19NO2/c1-3-20-16-11-9-15(10-12-16)17(19)18-13(2)14-7-5-4-6-8-14/h4-13H,3H2,1-2H3,(H,18,19)/t13-/m1/s1. The average Bonchev–Trinajstić information content (AvgIpc) is 2.49. The summed E-state index contributed by atoms with van der Waals surface area (Å²) in [5.41, 5.74) is 1.73. The van der Waals surface area contributed by atoms with E-state index in [-0.39, 0.29) is 11.9 Å². The molecule has 1 amide bonds. The Morgan fingerprint density at radius 2 is 1.75 bits per heavy atom. The van der Waals surface area contributed by atoms with Crippen molar-refractivity contribution in [3.8, 4) is 5.75 Å². The molecule has 104 valence electrons. The van der Waals surface area contributed by atoms with E-state index in [0.29, 0.717) is 12.2 Å². The predicted octanol–water partition coefficient (Wildman–Crippen LogP) is 3.58. The number of rotatable bonds is 5. The lowest BCUT2D eigenvalue weighted by Crippen LogP contribution is -2.26. The summed E-state index contributed by atoms with van der Waals surface area (Å²) in [5.74, 6) is 0.699. The Kier molecular flexibility index (Phi) is 4.77. The summed E-state index contributed by atoms with van der Waals surface area (Å²) >= 11 is 0. The largest absolute Gasteiger partial charge is 0.494 e. The summed E-state index contributed by atoms with van der Waals surface area (Å²) < 4.78 is 5.36. The lowest BCUT2D eigenvalue weighted by molar-refractivity contribution is 0.0940. The van der Waals surface area contributed by atoms with E-state index in [1.807, 2.05) is 56.3 Å². The van der Waals surface area contributed by atoms with Crippen molar-refractivity contribution in [1.82, 2.24) is 5.32 Å². The molecule has 3 nitrogen and oxygen atoms in total. The van der Waals surface area contributed by atoms with Crippen molar-refractivity contribution in [2.24, 2.45) is 0 Å². The molecule has 0 aromatic heterocycles. The van der Waals surface area contributed by atoms with Crippen molar-refractivity contribution >= 4 is 5.91 Å². The molecule has 0 bridgehead atoms. The molecular weight excluding hydrogens is 250 g/mol. The Hall–Kier alpha value is -2.29. The normalized spacial score (nSPS) is 11.7. The molecule has 2 aromatic rings. The average molecular weight is 269 g/mol. The van der Waals surface area contributed by atoms with Crippen LogP contribution in [-0.2, 0) is 0 Å². The first-order valence-corrected chi connectivity index (χ1v) is 6.79. The molecule has 1 N–H and O–H groups in total. The van der Waals surface area contributed by atoms with Crippen LogP contribution in [0.25, 0.3) is 0 Å². The molecule has 0 radical (unpaired) electrons. The van der Waals surface area contributed by atoms with E-state index >= 15 is 0 Å². The van der Waals surface area contributed by atoms with E-state index in [1.54, 1.807) is 12.1 Å². The van der Waals surface area contributed by atoms with Crippen LogP contribution >= 0.6 is 0 Å². The number of hydrogen-bond donors (Lipinski definition) is 1. The van der Waals surface area contributed by atoms with Crippen molar-refractivity contribution < 1.29 is 9.53 Å². The van der Waals surface area contributed by atoms with Crippen LogP contribution in [0.1, 0.15) is 35.8 Å². The van der Waals surface area contributed by atoms with Gasteiger partial charge in [-0.25, -0.2) is 0 Å². The second kappa shape index (κ2) is 6.75. The van der Waals surface area contributed by atoms with Crippen molar-refractivity contribution in [1.29, 1.82) is 0 Å². The SMILES string of the molecule is CCOc1ccc(C(=O)N[C@H](C)c2ccccc2)cc1. The topological polar surface area (TPSA) is 38.3 Å². The molecule has 2 aromatic carbocycles. The minimum atomic E-state index is -0.0793. The fourth-order valence-electron chi connectivity index (χ4n) is 1.97. The molecule has 0 aliphatic carbocycles. The number of carbonyl (C=O) groups is 1. The highest BCUT2D eigenvalue weighted by molar-refractivity contribution is 5.94. The van der Waals surface area contributed by atoms with Crippen molar-refractivity contribution in [3.63, 3.8) is 0 Å². The van der Waals surface area contributed by atoms with E-state index in [4.69, 9.17) is 4.74 Å². The summed E-state index contributed by atoms with van der Waals surface area (Å²) in [5, 5.41) is 2.98. The monoisotopic (exact) mass is 269 g/mol. The van der Waals surface area contributed by atoms with Gasteiger partial charge in [-0.1, -0.05) is 30.3 Å². The number of ether oxygens (including phenoxy) is 1. The second-order valence-electron chi connectivity index (χ2n) is 4.56. The number of benzene rings is 2. The van der Waals surface area contributed by atoms with Crippen LogP contribution in [0.5, 0.6) is 5.75 Å². The summed E-state index contributed by atoms with van der Waals surface area (Å²) in [7, 11) is 0. The van der Waals surface area contributed by atoms with Gasteiger partial charge in [0.2, 0.25) is 0 Å². The van der Waals surface area contributed by atoms with Gasteiger partial charge in [-0.3, -0.25) is 4.79 Å². The van der Waals surface area contributed by atoms with Gasteiger partial charge >= 0.3 is 0 Å². The molecule has 0 aliphatic rings. The van der Waals surface area contributed by atoms with Gasteiger partial charge in [0.25, 0.3) is 5.91 Å². The summed E-state index contributed by atoms with van der Waals surface area (Å²) in [4.78, 5) is 12.1. The molecule has 0 aliphatic heterocycles. The molecule has 0 saturated heterocycles. The van der Waals surface area contributed by atoms with Gasteiger partial charge in [0.15, 0.2) is 0 Å². The molecule has 0 saturated carbocycles. The Morgan fingerprint density at radius 3 is 2.35 bits per heavy atom. The van der Waals surface area contributed by atoms with Gasteiger partial charge in [0.05, 0.1) is 12.6 Å². The van der Waals surface area contributed by atoms with Crippen LogP contribution < -0.4 is 10.1 Å². The smallest absolute Gasteiger partial charge is 0.251 e. The van der Waals surface area contributed by atoms with Gasteiger partial charge in [-0.2, -0.15) is 0 Å². The number of nitrogens with one attached hydrogen (secondary N) is 1. The third-order valence-electron chi connectivity index (χ3n) is 3.07. The number of carbonyl (C=O) groups excluding carboxylic acids is 1. The number of hydrogen-bond acceptors (Lipinski definition) is 2. The first-order valence-electron chi connectivity index (χ1n) is 6.79. The highest BCUT2D eigenvalue weighted by Gasteiger charge is 2.11. The van der Waals surface area contributed by atoms with E-state index in [1.165, 1.54) is 0 Å². The molecule has 0 unspecified atom stereocenters. The summed E-state index contributed by atoms with van der Waals surface area (Å²) in [6, 6.07) is 17.1. The third kappa shape index (κ3) is 3.60. The lowest BCUT2D eigenvalue weighted by atomic mass is 10.1. The van der Waals surface area contributed by atoms with E-state index in [0.717, 1.165) is 11.3 Å². The van der Waals surface area contributed by atoms with Crippen LogP contribution in [0.2, 0.25) is 0 Å². The highest BCUT2D eigenvalue weighted by Crippen LogP contribution is 2.15. The van der Waals surface area contributed by atoms with Crippen molar-refractivity contribution in [2.45, 2.75) is 19.9 Å². The minimum absolute atomic E-state index is 0.0183. The molecule has 0 fully saturated rings. The molecule has 1 atom stereocenters. The predicted molar refractivity (Wildman–Crippen MR) is 79.9 cm³/mol. The Bertz CT molecular complexity index is 549. The first kappa shape index (κ1) is 14.1. The van der Waals surface area contributed by atoms with Gasteiger partial charge in [0.1, 0.15) is 5.75 Å². The van der Waals surface area contributed by atoms with Crippen LogP contribution in [-0.4, -0.2) is 12.5 Å². The molecule has 0 heterocycles. The minimum Gasteiger partial charge on any atom is -0.494 e. The van der Waals surface area contributed by atoms with E-state index < -0.39 is 0 Å². The Balaban J connectivity index is 2.01. The fourth-order valence-corrected chi connectivity index (χ4v) is 1.97. The van der Waals surface area contributed by atoms with Crippen molar-refractivity contribution in [3.05, 3.63) is 65.7 Å². The Labute approximate surface area is 119 Å². The summed E-state index contributed by atoms with van der Waals surface area (Å²) in [6.07, 6.45) is 0. The zero-order valence-electron chi connectivity index (χ0n) is 11.8. The summed E-state index contributed by atoms with van der Waals surface area (Å²) in [6.45, 7) is 4.53. The Morgan fingerprint density at radius 1 is 1.10 bits per heavy atom. The van der Waals surface area contributed by atoms with Crippen molar-refractivity contribution in [2.75, 3.05) is 6.61 Å².